The molecule has 6 heteroatoms. The number of aromatic nitrogens is 1. The maximum atomic E-state index is 5.98. The highest BCUT2D eigenvalue weighted by Gasteiger charge is 2.52. The quantitative estimate of drug-likeness (QED) is 0.792. The lowest BCUT2D eigenvalue weighted by molar-refractivity contribution is 0.00578. The minimum absolute atomic E-state index is 0.336. The summed E-state index contributed by atoms with van der Waals surface area (Å²) in [6.07, 6.45) is 3.33. The van der Waals surface area contributed by atoms with Gasteiger partial charge in [0.05, 0.1) is 23.1 Å². The van der Waals surface area contributed by atoms with E-state index in [9.17, 15) is 0 Å². The Labute approximate surface area is 116 Å². The van der Waals surface area contributed by atoms with Crippen molar-refractivity contribution >= 4 is 24.0 Å². The Morgan fingerprint density at radius 2 is 1.84 bits per heavy atom. The molecule has 0 radical (unpaired) electrons. The molecular weight excluding hydrogens is 261 g/mol. The van der Waals surface area contributed by atoms with Crippen LogP contribution in [0.2, 0.25) is 0 Å². The van der Waals surface area contributed by atoms with Gasteiger partial charge in [0, 0.05) is 10.9 Å². The summed E-state index contributed by atoms with van der Waals surface area (Å²) in [6.45, 7) is 8.15. The maximum absolute atomic E-state index is 5.98. The lowest BCUT2D eigenvalue weighted by Gasteiger charge is -2.32. The zero-order chi connectivity index (χ0) is 13.7. The van der Waals surface area contributed by atoms with E-state index in [1.54, 1.807) is 23.9 Å². The van der Waals surface area contributed by atoms with Crippen molar-refractivity contribution < 1.29 is 13.7 Å². The van der Waals surface area contributed by atoms with Crippen LogP contribution in [-0.4, -0.2) is 23.3 Å². The van der Waals surface area contributed by atoms with Crippen molar-refractivity contribution in [3.63, 3.8) is 0 Å². The second-order valence-corrected chi connectivity index (χ2v) is 6.54. The van der Waals surface area contributed by atoms with E-state index in [1.165, 1.54) is 0 Å². The molecule has 0 N–H and O–H groups in total. The Bertz CT molecular complexity index is 560. The standard InChI is InChI=1S/C13H16BNO3S/c1-12(2)13(3,4)18-14(17-12)10-8-19-11(15-10)9-5-6-16-7-9/h5-8H,1-4H3. The van der Waals surface area contributed by atoms with Crippen LogP contribution in [0.1, 0.15) is 27.7 Å². The molecule has 1 aliphatic heterocycles. The van der Waals surface area contributed by atoms with E-state index in [4.69, 9.17) is 13.7 Å². The lowest BCUT2D eigenvalue weighted by atomic mass is 9.86. The molecule has 0 spiro atoms. The largest absolute Gasteiger partial charge is 0.515 e. The fourth-order valence-corrected chi connectivity index (χ4v) is 2.68. The minimum Gasteiger partial charge on any atom is -0.472 e. The van der Waals surface area contributed by atoms with Crippen LogP contribution in [0, 0.1) is 0 Å². The van der Waals surface area contributed by atoms with Crippen LogP contribution in [-0.2, 0) is 9.31 Å². The van der Waals surface area contributed by atoms with Crippen molar-refractivity contribution in [3.05, 3.63) is 24.0 Å². The Morgan fingerprint density at radius 3 is 2.42 bits per heavy atom. The molecule has 1 aliphatic rings. The van der Waals surface area contributed by atoms with Gasteiger partial charge in [0.15, 0.2) is 0 Å². The molecular formula is C13H16BNO3S. The highest BCUT2D eigenvalue weighted by Crippen LogP contribution is 2.36. The van der Waals surface area contributed by atoms with E-state index in [1.807, 2.05) is 39.1 Å². The summed E-state index contributed by atoms with van der Waals surface area (Å²) in [5.41, 5.74) is 1.13. The molecule has 0 aromatic carbocycles. The average molecular weight is 277 g/mol. The fourth-order valence-electron chi connectivity index (χ4n) is 1.88. The monoisotopic (exact) mass is 277 g/mol. The summed E-state index contributed by atoms with van der Waals surface area (Å²) in [4.78, 5) is 4.57. The molecule has 1 saturated heterocycles. The zero-order valence-corrected chi connectivity index (χ0v) is 12.3. The molecule has 0 unspecified atom stereocenters. The summed E-state index contributed by atoms with van der Waals surface area (Å²) >= 11 is 1.56. The van der Waals surface area contributed by atoms with Gasteiger partial charge in [-0.25, -0.2) is 4.98 Å². The first-order valence-electron chi connectivity index (χ1n) is 6.23. The van der Waals surface area contributed by atoms with Crippen molar-refractivity contribution in [2.75, 3.05) is 0 Å². The second-order valence-electron chi connectivity index (χ2n) is 5.68. The first kappa shape index (κ1) is 12.9. The van der Waals surface area contributed by atoms with E-state index in [0.717, 1.165) is 16.2 Å². The van der Waals surface area contributed by atoms with Gasteiger partial charge < -0.3 is 13.7 Å². The van der Waals surface area contributed by atoms with Crippen LogP contribution in [0.25, 0.3) is 10.6 Å². The second kappa shape index (κ2) is 4.20. The van der Waals surface area contributed by atoms with Gasteiger partial charge in [-0.3, -0.25) is 0 Å². The number of thiazole rings is 1. The molecule has 2 aromatic heterocycles. The van der Waals surface area contributed by atoms with Gasteiger partial charge in [-0.05, 0) is 33.8 Å². The third-order valence-corrected chi connectivity index (χ3v) is 4.69. The summed E-state index contributed by atoms with van der Waals surface area (Å²) in [5.74, 6) is 0. The van der Waals surface area contributed by atoms with Gasteiger partial charge in [-0.15, -0.1) is 11.3 Å². The summed E-state index contributed by atoms with van der Waals surface area (Å²) in [5, 5.41) is 2.89. The van der Waals surface area contributed by atoms with Crippen LogP contribution in [0.15, 0.2) is 28.4 Å². The SMILES string of the molecule is CC1(C)OB(c2csc(-c3ccoc3)n2)OC1(C)C. The van der Waals surface area contributed by atoms with E-state index < -0.39 is 7.12 Å². The molecule has 0 saturated carbocycles. The normalized spacial score (nSPS) is 20.9. The highest BCUT2D eigenvalue weighted by atomic mass is 32.1. The first-order valence-corrected chi connectivity index (χ1v) is 7.11. The molecule has 0 atom stereocenters. The van der Waals surface area contributed by atoms with Crippen molar-refractivity contribution in [1.82, 2.24) is 4.98 Å². The Hall–Kier alpha value is -1.11. The molecule has 1 fully saturated rings. The van der Waals surface area contributed by atoms with Crippen molar-refractivity contribution in [3.8, 4) is 10.6 Å². The van der Waals surface area contributed by atoms with Gasteiger partial charge in [0.25, 0.3) is 0 Å². The maximum Gasteiger partial charge on any atom is 0.515 e. The minimum atomic E-state index is -0.401. The number of hydrogen-bond acceptors (Lipinski definition) is 5. The van der Waals surface area contributed by atoms with E-state index in [-0.39, 0.29) is 11.2 Å². The Balaban J connectivity index is 1.85. The van der Waals surface area contributed by atoms with Crippen molar-refractivity contribution in [2.45, 2.75) is 38.9 Å². The fraction of sp³-hybridized carbons (Fsp3) is 0.462. The van der Waals surface area contributed by atoms with Gasteiger partial charge in [-0.2, -0.15) is 0 Å². The molecule has 3 rings (SSSR count). The molecule has 3 heterocycles. The molecule has 2 aromatic rings. The zero-order valence-electron chi connectivity index (χ0n) is 11.5. The number of rotatable bonds is 2. The Morgan fingerprint density at radius 1 is 1.16 bits per heavy atom. The van der Waals surface area contributed by atoms with Crippen LogP contribution in [0.5, 0.6) is 0 Å². The summed E-state index contributed by atoms with van der Waals surface area (Å²) in [6, 6.07) is 1.90. The van der Waals surface area contributed by atoms with Crippen LogP contribution in [0.3, 0.4) is 0 Å². The third-order valence-electron chi connectivity index (χ3n) is 3.78. The van der Waals surface area contributed by atoms with Gasteiger partial charge >= 0.3 is 7.12 Å². The predicted molar refractivity (Wildman–Crippen MR) is 75.5 cm³/mol. The topological polar surface area (TPSA) is 44.5 Å². The van der Waals surface area contributed by atoms with E-state index >= 15 is 0 Å². The highest BCUT2D eigenvalue weighted by molar-refractivity contribution is 7.14. The van der Waals surface area contributed by atoms with E-state index in [2.05, 4.69) is 4.98 Å². The number of furan rings is 1. The summed E-state index contributed by atoms with van der Waals surface area (Å²) in [7, 11) is -0.401. The first-order chi connectivity index (χ1) is 8.89. The number of nitrogens with zero attached hydrogens (tertiary/aromatic N) is 1. The number of hydrogen-bond donors (Lipinski definition) is 0. The van der Waals surface area contributed by atoms with Crippen molar-refractivity contribution in [1.29, 1.82) is 0 Å². The van der Waals surface area contributed by atoms with Crippen LogP contribution in [0.4, 0.5) is 0 Å². The molecule has 0 amide bonds. The van der Waals surface area contributed by atoms with E-state index in [0.29, 0.717) is 0 Å². The van der Waals surface area contributed by atoms with Crippen LogP contribution < -0.4 is 5.59 Å². The van der Waals surface area contributed by atoms with Gasteiger partial charge in [0.2, 0.25) is 0 Å². The molecule has 0 aliphatic carbocycles. The molecule has 4 nitrogen and oxygen atoms in total. The Kier molecular flexibility index (Phi) is 2.85. The predicted octanol–water partition coefficient (Wildman–Crippen LogP) is 2.70. The smallest absolute Gasteiger partial charge is 0.472 e. The third kappa shape index (κ3) is 2.14. The average Bonchev–Trinajstić information content (AvgIpc) is 3.00. The van der Waals surface area contributed by atoms with Gasteiger partial charge in [0.1, 0.15) is 11.3 Å². The molecule has 19 heavy (non-hydrogen) atoms. The molecule has 100 valence electrons. The molecule has 0 bridgehead atoms. The summed E-state index contributed by atoms with van der Waals surface area (Å²) < 4.78 is 17.0. The van der Waals surface area contributed by atoms with Crippen molar-refractivity contribution in [2.24, 2.45) is 0 Å². The lowest BCUT2D eigenvalue weighted by Crippen LogP contribution is -2.41. The van der Waals surface area contributed by atoms with Gasteiger partial charge in [-0.1, -0.05) is 0 Å². The van der Waals surface area contributed by atoms with Crippen LogP contribution >= 0.6 is 11.3 Å².